The zero-order valence-corrected chi connectivity index (χ0v) is 10.8. The average Bonchev–Trinajstić information content (AvgIpc) is 2.30. The highest BCUT2D eigenvalue weighted by Crippen LogP contribution is 2.07. The average molecular weight is 238 g/mol. The maximum absolute atomic E-state index is 13.0. The van der Waals surface area contributed by atoms with Gasteiger partial charge in [-0.05, 0) is 50.2 Å². The van der Waals surface area contributed by atoms with Crippen molar-refractivity contribution in [2.45, 2.75) is 32.7 Å². The minimum atomic E-state index is -0.182. The summed E-state index contributed by atoms with van der Waals surface area (Å²) in [4.78, 5) is 2.35. The van der Waals surface area contributed by atoms with Crippen molar-refractivity contribution in [1.29, 1.82) is 0 Å². The van der Waals surface area contributed by atoms with Crippen molar-refractivity contribution >= 4 is 0 Å². The molecule has 0 amide bonds. The fourth-order valence-corrected chi connectivity index (χ4v) is 1.96. The van der Waals surface area contributed by atoms with Crippen LogP contribution in [-0.4, -0.2) is 30.6 Å². The number of rotatable bonds is 7. The Labute approximate surface area is 104 Å². The normalized spacial score (nSPS) is 13.0. The van der Waals surface area contributed by atoms with Crippen LogP contribution in [0.1, 0.15) is 25.8 Å². The maximum Gasteiger partial charge on any atom is 0.123 e. The molecule has 0 spiro atoms. The molecule has 3 heteroatoms. The van der Waals surface area contributed by atoms with Gasteiger partial charge in [-0.1, -0.05) is 26.0 Å². The van der Waals surface area contributed by atoms with Crippen LogP contribution in [0.5, 0.6) is 0 Å². The van der Waals surface area contributed by atoms with Crippen LogP contribution in [0.25, 0.3) is 0 Å². The molecule has 0 saturated carbocycles. The largest absolute Gasteiger partial charge is 0.327 e. The van der Waals surface area contributed by atoms with Crippen LogP contribution in [0.15, 0.2) is 24.3 Å². The van der Waals surface area contributed by atoms with E-state index in [-0.39, 0.29) is 11.9 Å². The van der Waals surface area contributed by atoms with Crippen LogP contribution >= 0.6 is 0 Å². The van der Waals surface area contributed by atoms with Crippen LogP contribution in [-0.2, 0) is 6.42 Å². The molecule has 1 rings (SSSR count). The lowest BCUT2D eigenvalue weighted by Gasteiger charge is -2.20. The summed E-state index contributed by atoms with van der Waals surface area (Å²) in [5.41, 5.74) is 7.05. The zero-order chi connectivity index (χ0) is 12.7. The lowest BCUT2D eigenvalue weighted by atomic mass is 10.0. The number of nitrogens with two attached hydrogens (primary N) is 1. The van der Waals surface area contributed by atoms with E-state index in [1.165, 1.54) is 6.07 Å². The molecule has 0 radical (unpaired) electrons. The highest BCUT2D eigenvalue weighted by Gasteiger charge is 2.07. The van der Waals surface area contributed by atoms with Crippen molar-refractivity contribution in [3.05, 3.63) is 35.6 Å². The van der Waals surface area contributed by atoms with Gasteiger partial charge in [0.15, 0.2) is 0 Å². The maximum atomic E-state index is 13.0. The smallest absolute Gasteiger partial charge is 0.123 e. The molecule has 2 nitrogen and oxygen atoms in total. The Hall–Kier alpha value is -0.930. The first kappa shape index (κ1) is 14.1. The SMILES string of the molecule is CCN(CC)CCC(N)Cc1cccc(F)c1. The van der Waals surface area contributed by atoms with Gasteiger partial charge in [0.1, 0.15) is 5.82 Å². The number of hydrogen-bond donors (Lipinski definition) is 1. The summed E-state index contributed by atoms with van der Waals surface area (Å²) < 4.78 is 13.0. The molecular weight excluding hydrogens is 215 g/mol. The van der Waals surface area contributed by atoms with Crippen molar-refractivity contribution in [3.63, 3.8) is 0 Å². The second-order valence-corrected chi connectivity index (χ2v) is 4.41. The minimum Gasteiger partial charge on any atom is -0.327 e. The van der Waals surface area contributed by atoms with E-state index in [1.807, 2.05) is 6.07 Å². The first-order valence-corrected chi connectivity index (χ1v) is 6.38. The minimum absolute atomic E-state index is 0.109. The van der Waals surface area contributed by atoms with E-state index in [4.69, 9.17) is 5.73 Å². The van der Waals surface area contributed by atoms with Crippen molar-refractivity contribution in [2.75, 3.05) is 19.6 Å². The summed E-state index contributed by atoms with van der Waals surface area (Å²) in [6.07, 6.45) is 1.71. The molecule has 0 fully saturated rings. The molecule has 0 heterocycles. The fraction of sp³-hybridized carbons (Fsp3) is 0.571. The molecule has 0 aliphatic carbocycles. The van der Waals surface area contributed by atoms with E-state index in [0.29, 0.717) is 0 Å². The molecule has 0 aliphatic rings. The summed E-state index contributed by atoms with van der Waals surface area (Å²) in [6.45, 7) is 7.44. The third kappa shape index (κ3) is 5.29. The van der Waals surface area contributed by atoms with E-state index < -0.39 is 0 Å². The number of nitrogens with zero attached hydrogens (tertiary/aromatic N) is 1. The lowest BCUT2D eigenvalue weighted by molar-refractivity contribution is 0.290. The van der Waals surface area contributed by atoms with Gasteiger partial charge in [0.25, 0.3) is 0 Å². The zero-order valence-electron chi connectivity index (χ0n) is 10.8. The summed E-state index contributed by atoms with van der Waals surface area (Å²) in [6, 6.07) is 6.81. The van der Waals surface area contributed by atoms with E-state index in [9.17, 15) is 4.39 Å². The topological polar surface area (TPSA) is 29.3 Å². The van der Waals surface area contributed by atoms with Gasteiger partial charge in [-0.2, -0.15) is 0 Å². The van der Waals surface area contributed by atoms with E-state index in [0.717, 1.165) is 38.0 Å². The van der Waals surface area contributed by atoms with Gasteiger partial charge in [0, 0.05) is 6.04 Å². The van der Waals surface area contributed by atoms with Gasteiger partial charge in [-0.3, -0.25) is 0 Å². The predicted molar refractivity (Wildman–Crippen MR) is 70.5 cm³/mol. The summed E-state index contributed by atoms with van der Waals surface area (Å²) in [5.74, 6) is -0.182. The molecule has 2 N–H and O–H groups in total. The third-order valence-electron chi connectivity index (χ3n) is 3.10. The van der Waals surface area contributed by atoms with Gasteiger partial charge in [-0.25, -0.2) is 4.39 Å². The molecule has 0 aliphatic heterocycles. The Bertz CT molecular complexity index is 324. The number of hydrogen-bond acceptors (Lipinski definition) is 2. The first-order valence-electron chi connectivity index (χ1n) is 6.38. The molecule has 1 atom stereocenters. The Morgan fingerprint density at radius 3 is 2.59 bits per heavy atom. The fourth-order valence-electron chi connectivity index (χ4n) is 1.96. The molecule has 0 bridgehead atoms. The van der Waals surface area contributed by atoms with Crippen molar-refractivity contribution in [2.24, 2.45) is 5.73 Å². The Kier molecular flexibility index (Phi) is 6.16. The van der Waals surface area contributed by atoms with Gasteiger partial charge < -0.3 is 10.6 Å². The standard InChI is InChI=1S/C14H23FN2/c1-3-17(4-2)9-8-14(16)11-12-6-5-7-13(15)10-12/h5-7,10,14H,3-4,8-9,11,16H2,1-2H3. The first-order chi connectivity index (χ1) is 8.15. The molecule has 0 aromatic heterocycles. The van der Waals surface area contributed by atoms with Crippen molar-refractivity contribution in [3.8, 4) is 0 Å². The third-order valence-corrected chi connectivity index (χ3v) is 3.10. The number of halogens is 1. The van der Waals surface area contributed by atoms with E-state index >= 15 is 0 Å². The van der Waals surface area contributed by atoms with Crippen molar-refractivity contribution in [1.82, 2.24) is 4.90 Å². The molecule has 96 valence electrons. The highest BCUT2D eigenvalue weighted by molar-refractivity contribution is 5.17. The van der Waals surface area contributed by atoms with Crippen LogP contribution < -0.4 is 5.73 Å². The van der Waals surface area contributed by atoms with E-state index in [1.54, 1.807) is 12.1 Å². The summed E-state index contributed by atoms with van der Waals surface area (Å²) in [5, 5.41) is 0. The highest BCUT2D eigenvalue weighted by atomic mass is 19.1. The monoisotopic (exact) mass is 238 g/mol. The van der Waals surface area contributed by atoms with Crippen LogP contribution in [0.2, 0.25) is 0 Å². The van der Waals surface area contributed by atoms with Gasteiger partial charge in [0.05, 0.1) is 0 Å². The van der Waals surface area contributed by atoms with Crippen LogP contribution in [0.3, 0.4) is 0 Å². The van der Waals surface area contributed by atoms with Gasteiger partial charge in [0.2, 0.25) is 0 Å². The Morgan fingerprint density at radius 1 is 1.29 bits per heavy atom. The molecule has 1 unspecified atom stereocenters. The Morgan fingerprint density at radius 2 is 2.00 bits per heavy atom. The van der Waals surface area contributed by atoms with E-state index in [2.05, 4.69) is 18.7 Å². The predicted octanol–water partition coefficient (Wildman–Crippen LogP) is 2.43. The molecule has 0 saturated heterocycles. The molecule has 17 heavy (non-hydrogen) atoms. The quantitative estimate of drug-likeness (QED) is 0.790. The van der Waals surface area contributed by atoms with Crippen LogP contribution in [0.4, 0.5) is 4.39 Å². The molecular formula is C14H23FN2. The lowest BCUT2D eigenvalue weighted by Crippen LogP contribution is -2.31. The van der Waals surface area contributed by atoms with Crippen LogP contribution in [0, 0.1) is 5.82 Å². The second kappa shape index (κ2) is 7.41. The van der Waals surface area contributed by atoms with Gasteiger partial charge >= 0.3 is 0 Å². The van der Waals surface area contributed by atoms with Crippen molar-refractivity contribution < 1.29 is 4.39 Å². The number of benzene rings is 1. The molecule has 1 aromatic rings. The van der Waals surface area contributed by atoms with Gasteiger partial charge in [-0.15, -0.1) is 0 Å². The molecule has 1 aromatic carbocycles. The summed E-state index contributed by atoms with van der Waals surface area (Å²) in [7, 11) is 0. The second-order valence-electron chi connectivity index (χ2n) is 4.41. The Balaban J connectivity index is 2.36. The summed E-state index contributed by atoms with van der Waals surface area (Å²) >= 11 is 0.